The number of guanidine groups is 1. The van der Waals surface area contributed by atoms with Crippen LogP contribution in [0, 0.1) is 0 Å². The van der Waals surface area contributed by atoms with Gasteiger partial charge in [-0.1, -0.05) is 37.1 Å². The van der Waals surface area contributed by atoms with Crippen LogP contribution in [0.2, 0.25) is 0 Å². The van der Waals surface area contributed by atoms with Crippen molar-refractivity contribution in [1.29, 1.82) is 0 Å². The molecule has 0 unspecified atom stereocenters. The number of likely N-dealkylation sites (tertiary alicyclic amines) is 1. The summed E-state index contributed by atoms with van der Waals surface area (Å²) < 4.78 is 0. The molecule has 31 heavy (non-hydrogen) atoms. The van der Waals surface area contributed by atoms with Crippen LogP contribution in [0.25, 0.3) is 0 Å². The standard InChI is InChI=1S/C25H37N5S/c1-26-25(28-23-12-16-30(17-13-23)24-11-8-18-31-24)27-19-21-9-4-5-10-22(21)20-29-14-6-2-3-7-15-29/h4-5,8-11,18,23H,2-3,6-7,12-17,19-20H2,1H3,(H2,26,27,28). The normalized spacial score (nSPS) is 19.3. The number of benzene rings is 1. The van der Waals surface area contributed by atoms with Crippen LogP contribution < -0.4 is 15.5 Å². The predicted molar refractivity (Wildman–Crippen MR) is 133 cm³/mol. The number of anilines is 1. The monoisotopic (exact) mass is 439 g/mol. The lowest BCUT2D eigenvalue weighted by Crippen LogP contribution is -2.48. The zero-order chi connectivity index (χ0) is 21.3. The number of piperidine rings is 1. The third-order valence-corrected chi connectivity index (χ3v) is 7.46. The van der Waals surface area contributed by atoms with E-state index < -0.39 is 0 Å². The van der Waals surface area contributed by atoms with Crippen LogP contribution in [0.15, 0.2) is 46.8 Å². The van der Waals surface area contributed by atoms with Gasteiger partial charge in [0.25, 0.3) is 0 Å². The molecule has 4 rings (SSSR count). The predicted octanol–water partition coefficient (Wildman–Crippen LogP) is 4.46. The first-order valence-electron chi connectivity index (χ1n) is 11.9. The van der Waals surface area contributed by atoms with Crippen LogP contribution in [0.4, 0.5) is 5.00 Å². The molecule has 0 aliphatic carbocycles. The molecule has 6 heteroatoms. The molecule has 2 aromatic rings. The van der Waals surface area contributed by atoms with Crippen molar-refractivity contribution < 1.29 is 0 Å². The zero-order valence-corrected chi connectivity index (χ0v) is 19.7. The molecule has 0 atom stereocenters. The van der Waals surface area contributed by atoms with Crippen LogP contribution in [0.5, 0.6) is 0 Å². The van der Waals surface area contributed by atoms with Crippen molar-refractivity contribution in [2.75, 3.05) is 38.1 Å². The van der Waals surface area contributed by atoms with E-state index in [-0.39, 0.29) is 0 Å². The molecule has 0 bridgehead atoms. The lowest BCUT2D eigenvalue weighted by molar-refractivity contribution is 0.276. The van der Waals surface area contributed by atoms with E-state index in [9.17, 15) is 0 Å². The Hall–Kier alpha value is -2.05. The van der Waals surface area contributed by atoms with E-state index in [1.54, 1.807) is 0 Å². The Morgan fingerprint density at radius 1 is 0.968 bits per heavy atom. The fraction of sp³-hybridized carbons (Fsp3) is 0.560. The van der Waals surface area contributed by atoms with Gasteiger partial charge < -0.3 is 15.5 Å². The summed E-state index contributed by atoms with van der Waals surface area (Å²) in [5.41, 5.74) is 2.82. The number of rotatable bonds is 6. The number of aliphatic imine (C=N–C) groups is 1. The Morgan fingerprint density at radius 2 is 1.71 bits per heavy atom. The van der Waals surface area contributed by atoms with Gasteiger partial charge in [-0.2, -0.15) is 0 Å². The first kappa shape index (κ1) is 22.2. The third kappa shape index (κ3) is 6.47. The smallest absolute Gasteiger partial charge is 0.191 e. The van der Waals surface area contributed by atoms with Gasteiger partial charge >= 0.3 is 0 Å². The van der Waals surface area contributed by atoms with Crippen LogP contribution in [-0.4, -0.2) is 50.1 Å². The van der Waals surface area contributed by atoms with Gasteiger partial charge in [-0.25, -0.2) is 0 Å². The van der Waals surface area contributed by atoms with E-state index >= 15 is 0 Å². The minimum atomic E-state index is 0.481. The van der Waals surface area contributed by atoms with E-state index in [1.807, 2.05) is 18.4 Å². The minimum absolute atomic E-state index is 0.481. The fourth-order valence-electron chi connectivity index (χ4n) is 4.68. The van der Waals surface area contributed by atoms with Gasteiger partial charge in [0.2, 0.25) is 0 Å². The number of hydrogen-bond donors (Lipinski definition) is 2. The maximum atomic E-state index is 4.50. The van der Waals surface area contributed by atoms with E-state index in [0.29, 0.717) is 6.04 Å². The van der Waals surface area contributed by atoms with Crippen LogP contribution in [0.3, 0.4) is 0 Å². The highest BCUT2D eigenvalue weighted by atomic mass is 32.1. The molecular formula is C25H37N5S. The topological polar surface area (TPSA) is 42.9 Å². The largest absolute Gasteiger partial charge is 0.363 e. The van der Waals surface area contributed by atoms with Crippen molar-refractivity contribution >= 4 is 22.3 Å². The van der Waals surface area contributed by atoms with Crippen molar-refractivity contribution in [3.05, 3.63) is 52.9 Å². The van der Waals surface area contributed by atoms with Gasteiger partial charge in [0.15, 0.2) is 5.96 Å². The van der Waals surface area contributed by atoms with Crippen molar-refractivity contribution in [3.63, 3.8) is 0 Å². The van der Waals surface area contributed by atoms with Crippen molar-refractivity contribution in [2.45, 2.75) is 57.7 Å². The second kappa shape index (κ2) is 11.5. The Bertz CT molecular complexity index is 803. The molecule has 1 aromatic carbocycles. The molecule has 2 N–H and O–H groups in total. The van der Waals surface area contributed by atoms with Crippen LogP contribution in [0.1, 0.15) is 49.7 Å². The van der Waals surface area contributed by atoms with E-state index in [1.165, 1.54) is 54.9 Å². The van der Waals surface area contributed by atoms with Crippen molar-refractivity contribution in [2.24, 2.45) is 4.99 Å². The summed E-state index contributed by atoms with van der Waals surface area (Å²) >= 11 is 1.84. The molecule has 2 saturated heterocycles. The van der Waals surface area contributed by atoms with Crippen LogP contribution >= 0.6 is 11.3 Å². The summed E-state index contributed by atoms with van der Waals surface area (Å²) in [4.78, 5) is 9.62. The first-order chi connectivity index (χ1) is 15.3. The highest BCUT2D eigenvalue weighted by molar-refractivity contribution is 7.14. The summed E-state index contributed by atoms with van der Waals surface area (Å²) in [6, 6.07) is 13.7. The quantitative estimate of drug-likeness (QED) is 0.515. The summed E-state index contributed by atoms with van der Waals surface area (Å²) in [5.74, 6) is 0.916. The lowest BCUT2D eigenvalue weighted by Gasteiger charge is -2.33. The molecule has 0 radical (unpaired) electrons. The molecule has 3 heterocycles. The Balaban J connectivity index is 1.27. The number of thiophene rings is 1. The first-order valence-corrected chi connectivity index (χ1v) is 12.7. The second-order valence-electron chi connectivity index (χ2n) is 8.74. The van der Waals surface area contributed by atoms with Gasteiger partial charge in [-0.15, -0.1) is 11.3 Å². The number of nitrogens with zero attached hydrogens (tertiary/aromatic N) is 3. The highest BCUT2D eigenvalue weighted by Crippen LogP contribution is 2.24. The molecule has 2 aliphatic rings. The summed E-state index contributed by atoms with van der Waals surface area (Å²) in [6.07, 6.45) is 7.72. The Kier molecular flexibility index (Phi) is 8.24. The van der Waals surface area contributed by atoms with E-state index in [4.69, 9.17) is 0 Å². The van der Waals surface area contributed by atoms with Gasteiger partial charge in [0.1, 0.15) is 0 Å². The Labute approximate surface area is 191 Å². The van der Waals surface area contributed by atoms with Gasteiger partial charge in [0, 0.05) is 39.3 Å². The molecule has 2 aliphatic heterocycles. The third-order valence-electron chi connectivity index (χ3n) is 6.53. The summed E-state index contributed by atoms with van der Waals surface area (Å²) in [6.45, 7) is 6.55. The molecule has 0 amide bonds. The molecular weight excluding hydrogens is 402 g/mol. The van der Waals surface area contributed by atoms with E-state index in [2.05, 4.69) is 67.2 Å². The minimum Gasteiger partial charge on any atom is -0.363 e. The van der Waals surface area contributed by atoms with Gasteiger partial charge in [-0.05, 0) is 67.4 Å². The highest BCUT2D eigenvalue weighted by Gasteiger charge is 2.21. The molecule has 1 aromatic heterocycles. The molecule has 0 saturated carbocycles. The average molecular weight is 440 g/mol. The lowest BCUT2D eigenvalue weighted by atomic mass is 10.1. The number of nitrogens with one attached hydrogen (secondary N) is 2. The molecule has 168 valence electrons. The van der Waals surface area contributed by atoms with Crippen molar-refractivity contribution in [3.8, 4) is 0 Å². The second-order valence-corrected chi connectivity index (χ2v) is 9.67. The van der Waals surface area contributed by atoms with Crippen LogP contribution in [-0.2, 0) is 13.1 Å². The average Bonchev–Trinajstić information content (AvgIpc) is 3.23. The summed E-state index contributed by atoms with van der Waals surface area (Å²) in [5, 5.41) is 10.8. The van der Waals surface area contributed by atoms with Crippen molar-refractivity contribution in [1.82, 2.24) is 15.5 Å². The van der Waals surface area contributed by atoms with E-state index in [0.717, 1.165) is 45.0 Å². The molecule has 2 fully saturated rings. The molecule has 5 nitrogen and oxygen atoms in total. The SMILES string of the molecule is CN=C(NCc1ccccc1CN1CCCCCC1)NC1CCN(c2cccs2)CC1. The number of hydrogen-bond acceptors (Lipinski definition) is 4. The summed E-state index contributed by atoms with van der Waals surface area (Å²) in [7, 11) is 1.87. The Morgan fingerprint density at radius 3 is 2.39 bits per heavy atom. The van der Waals surface area contributed by atoms with Gasteiger partial charge in [-0.3, -0.25) is 9.89 Å². The maximum absolute atomic E-state index is 4.50. The zero-order valence-electron chi connectivity index (χ0n) is 18.9. The maximum Gasteiger partial charge on any atom is 0.191 e. The van der Waals surface area contributed by atoms with Gasteiger partial charge in [0.05, 0.1) is 5.00 Å². The fourth-order valence-corrected chi connectivity index (χ4v) is 5.47. The molecule has 0 spiro atoms.